The second-order valence-corrected chi connectivity index (χ2v) is 4.90. The first-order valence-electron chi connectivity index (χ1n) is 6.42. The topological polar surface area (TPSA) is 47.7 Å². The summed E-state index contributed by atoms with van der Waals surface area (Å²) < 4.78 is 11.1. The van der Waals surface area contributed by atoms with Crippen LogP contribution >= 0.6 is 0 Å². The van der Waals surface area contributed by atoms with Gasteiger partial charge in [-0.3, -0.25) is 4.90 Å². The summed E-state index contributed by atoms with van der Waals surface area (Å²) in [7, 11) is 1.80. The van der Waals surface area contributed by atoms with E-state index in [1.54, 1.807) is 7.11 Å². The van der Waals surface area contributed by atoms with Gasteiger partial charge in [0, 0.05) is 39.4 Å². The Bertz CT molecular complexity index is 207. The minimum absolute atomic E-state index is 0.397. The normalized spacial score (nSPS) is 36.8. The molecule has 2 saturated heterocycles. The van der Waals surface area contributed by atoms with Gasteiger partial charge in [0.25, 0.3) is 0 Å². The molecule has 2 aliphatic rings. The van der Waals surface area contributed by atoms with Crippen molar-refractivity contribution >= 4 is 0 Å². The van der Waals surface area contributed by atoms with Crippen molar-refractivity contribution in [2.75, 3.05) is 33.4 Å². The predicted molar refractivity (Wildman–Crippen MR) is 63.4 cm³/mol. The summed E-state index contributed by atoms with van der Waals surface area (Å²) in [5.41, 5.74) is 5.85. The average molecular weight is 228 g/mol. The van der Waals surface area contributed by atoms with Crippen molar-refractivity contribution in [3.63, 3.8) is 0 Å². The van der Waals surface area contributed by atoms with E-state index in [2.05, 4.69) is 4.90 Å². The number of likely N-dealkylation sites (tertiary alicyclic amines) is 1. The zero-order valence-electron chi connectivity index (χ0n) is 10.2. The van der Waals surface area contributed by atoms with Gasteiger partial charge in [0.2, 0.25) is 0 Å². The zero-order valence-corrected chi connectivity index (χ0v) is 10.2. The molecule has 2 heterocycles. The molecule has 2 N–H and O–H groups in total. The monoisotopic (exact) mass is 228 g/mol. The van der Waals surface area contributed by atoms with Crippen molar-refractivity contribution in [3.05, 3.63) is 0 Å². The minimum Gasteiger partial charge on any atom is -0.381 e. The quantitative estimate of drug-likeness (QED) is 0.765. The molecule has 2 rings (SSSR count). The van der Waals surface area contributed by atoms with Crippen LogP contribution in [-0.4, -0.2) is 56.5 Å². The van der Waals surface area contributed by atoms with E-state index in [0.717, 1.165) is 39.1 Å². The molecule has 4 heteroatoms. The van der Waals surface area contributed by atoms with Crippen molar-refractivity contribution in [1.82, 2.24) is 4.90 Å². The molecule has 0 saturated carbocycles. The highest BCUT2D eigenvalue weighted by Crippen LogP contribution is 2.22. The molecule has 0 radical (unpaired) electrons. The van der Waals surface area contributed by atoms with Gasteiger partial charge in [-0.1, -0.05) is 0 Å². The molecule has 0 aromatic heterocycles. The second kappa shape index (κ2) is 5.96. The van der Waals surface area contributed by atoms with Crippen molar-refractivity contribution in [1.29, 1.82) is 0 Å². The first-order valence-corrected chi connectivity index (χ1v) is 6.42. The largest absolute Gasteiger partial charge is 0.381 e. The van der Waals surface area contributed by atoms with E-state index >= 15 is 0 Å². The molecule has 2 aliphatic heterocycles. The van der Waals surface area contributed by atoms with Crippen molar-refractivity contribution in [2.24, 2.45) is 5.73 Å². The third-order valence-corrected chi connectivity index (χ3v) is 3.86. The van der Waals surface area contributed by atoms with Gasteiger partial charge in [-0.2, -0.15) is 0 Å². The maximum atomic E-state index is 5.85. The number of nitrogens with zero attached hydrogens (tertiary/aromatic N) is 1. The van der Waals surface area contributed by atoms with E-state index in [1.807, 2.05) is 0 Å². The number of ether oxygens (including phenoxy) is 2. The SMILES string of the molecule is COC1CCN(CC2CCCO2)C(CN)C1. The van der Waals surface area contributed by atoms with Crippen LogP contribution in [0.5, 0.6) is 0 Å². The van der Waals surface area contributed by atoms with Crippen LogP contribution < -0.4 is 5.73 Å². The lowest BCUT2D eigenvalue weighted by molar-refractivity contribution is -0.00914. The molecular formula is C12H24N2O2. The van der Waals surface area contributed by atoms with Crippen LogP contribution in [0.15, 0.2) is 0 Å². The van der Waals surface area contributed by atoms with E-state index in [1.165, 1.54) is 12.8 Å². The van der Waals surface area contributed by atoms with Crippen LogP contribution in [0.4, 0.5) is 0 Å². The Hall–Kier alpha value is -0.160. The third-order valence-electron chi connectivity index (χ3n) is 3.86. The summed E-state index contributed by atoms with van der Waals surface area (Å²) in [4.78, 5) is 2.49. The summed E-state index contributed by atoms with van der Waals surface area (Å²) in [5.74, 6) is 0. The molecule has 4 nitrogen and oxygen atoms in total. The Morgan fingerprint density at radius 2 is 2.31 bits per heavy atom. The molecule has 0 amide bonds. The van der Waals surface area contributed by atoms with E-state index in [0.29, 0.717) is 18.2 Å². The molecule has 16 heavy (non-hydrogen) atoms. The number of rotatable bonds is 4. The smallest absolute Gasteiger partial charge is 0.0702 e. The van der Waals surface area contributed by atoms with Crippen molar-refractivity contribution in [3.8, 4) is 0 Å². The van der Waals surface area contributed by atoms with Crippen molar-refractivity contribution in [2.45, 2.75) is 43.9 Å². The molecule has 0 aromatic rings. The van der Waals surface area contributed by atoms with Crippen LogP contribution in [0, 0.1) is 0 Å². The van der Waals surface area contributed by atoms with Gasteiger partial charge >= 0.3 is 0 Å². The number of methoxy groups -OCH3 is 1. The fourth-order valence-corrected chi connectivity index (χ4v) is 2.81. The summed E-state index contributed by atoms with van der Waals surface area (Å²) in [6, 6.07) is 0.475. The standard InChI is InChI=1S/C12H24N2O2/c1-15-11-4-5-14(10(7-11)8-13)9-12-3-2-6-16-12/h10-12H,2-9,13H2,1H3. The molecule has 0 aromatic carbocycles. The first-order chi connectivity index (χ1) is 7.83. The fourth-order valence-electron chi connectivity index (χ4n) is 2.81. The van der Waals surface area contributed by atoms with Gasteiger partial charge in [0.15, 0.2) is 0 Å². The Kier molecular flexibility index (Phi) is 4.58. The van der Waals surface area contributed by atoms with Gasteiger partial charge < -0.3 is 15.2 Å². The van der Waals surface area contributed by atoms with Crippen LogP contribution in [0.2, 0.25) is 0 Å². The molecule has 0 bridgehead atoms. The van der Waals surface area contributed by atoms with Gasteiger partial charge in [0.1, 0.15) is 0 Å². The lowest BCUT2D eigenvalue weighted by Crippen LogP contribution is -2.50. The summed E-state index contributed by atoms with van der Waals surface area (Å²) in [6.07, 6.45) is 5.45. The lowest BCUT2D eigenvalue weighted by atomic mass is 9.98. The molecule has 94 valence electrons. The van der Waals surface area contributed by atoms with Crippen LogP contribution in [-0.2, 0) is 9.47 Å². The summed E-state index contributed by atoms with van der Waals surface area (Å²) in [5, 5.41) is 0. The average Bonchev–Trinajstić information content (AvgIpc) is 2.82. The molecule has 3 atom stereocenters. The van der Waals surface area contributed by atoms with Crippen LogP contribution in [0.25, 0.3) is 0 Å². The van der Waals surface area contributed by atoms with E-state index in [-0.39, 0.29) is 0 Å². The van der Waals surface area contributed by atoms with E-state index in [9.17, 15) is 0 Å². The Labute approximate surface area is 98.1 Å². The molecule has 2 fully saturated rings. The van der Waals surface area contributed by atoms with Gasteiger partial charge in [-0.15, -0.1) is 0 Å². The number of piperidine rings is 1. The maximum Gasteiger partial charge on any atom is 0.0702 e. The predicted octanol–water partition coefficient (Wildman–Crippen LogP) is 0.604. The third kappa shape index (κ3) is 2.94. The summed E-state index contributed by atoms with van der Waals surface area (Å²) in [6.45, 7) is 3.82. The van der Waals surface area contributed by atoms with Crippen LogP contribution in [0.3, 0.4) is 0 Å². The van der Waals surface area contributed by atoms with E-state index in [4.69, 9.17) is 15.2 Å². The maximum absolute atomic E-state index is 5.85. The second-order valence-electron chi connectivity index (χ2n) is 4.90. The van der Waals surface area contributed by atoms with Gasteiger partial charge in [-0.25, -0.2) is 0 Å². The highest BCUT2D eigenvalue weighted by atomic mass is 16.5. The van der Waals surface area contributed by atoms with Gasteiger partial charge in [0.05, 0.1) is 12.2 Å². The molecular weight excluding hydrogens is 204 g/mol. The van der Waals surface area contributed by atoms with E-state index < -0.39 is 0 Å². The number of nitrogens with two attached hydrogens (primary N) is 1. The highest BCUT2D eigenvalue weighted by molar-refractivity contribution is 4.85. The molecule has 3 unspecified atom stereocenters. The fraction of sp³-hybridized carbons (Fsp3) is 1.00. The number of hydrogen-bond acceptors (Lipinski definition) is 4. The minimum atomic E-state index is 0.397. The zero-order chi connectivity index (χ0) is 11.4. The Morgan fingerprint density at radius 3 is 2.94 bits per heavy atom. The highest BCUT2D eigenvalue weighted by Gasteiger charge is 2.30. The number of hydrogen-bond donors (Lipinski definition) is 1. The first kappa shape index (κ1) is 12.3. The van der Waals surface area contributed by atoms with Gasteiger partial charge in [-0.05, 0) is 25.7 Å². The van der Waals surface area contributed by atoms with Crippen molar-refractivity contribution < 1.29 is 9.47 Å². The lowest BCUT2D eigenvalue weighted by Gasteiger charge is -2.39. The summed E-state index contributed by atoms with van der Waals surface area (Å²) >= 11 is 0. The molecule has 0 aliphatic carbocycles. The molecule has 0 spiro atoms. The Morgan fingerprint density at radius 1 is 1.44 bits per heavy atom. The van der Waals surface area contributed by atoms with Crippen LogP contribution in [0.1, 0.15) is 25.7 Å². The Balaban J connectivity index is 1.83.